The van der Waals surface area contributed by atoms with Gasteiger partial charge in [0.1, 0.15) is 5.75 Å². The maximum atomic E-state index is 10.9. The highest BCUT2D eigenvalue weighted by Crippen LogP contribution is 2.35. The van der Waals surface area contributed by atoms with Crippen LogP contribution in [0.25, 0.3) is 5.69 Å². The molecule has 0 aliphatic rings. The number of phenolic OH excluding ortho intramolecular Hbond substituents is 1. The Hall–Kier alpha value is -2.94. The molecule has 1 aromatic heterocycles. The summed E-state index contributed by atoms with van der Waals surface area (Å²) in [6, 6.07) is 13.0. The smallest absolute Gasteiger partial charge is 0.269 e. The number of nitro benzene ring substituents is 1. The lowest BCUT2D eigenvalue weighted by Gasteiger charge is -2.11. The van der Waals surface area contributed by atoms with E-state index in [0.717, 1.165) is 5.56 Å². The van der Waals surface area contributed by atoms with Crippen LogP contribution in [0.2, 0.25) is 0 Å². The third-order valence-electron chi connectivity index (χ3n) is 3.37. The first-order chi connectivity index (χ1) is 11.5. The van der Waals surface area contributed by atoms with Crippen molar-refractivity contribution < 1.29 is 10.0 Å². The molecule has 1 atom stereocenters. The van der Waals surface area contributed by atoms with Gasteiger partial charge in [0.15, 0.2) is 0 Å². The second-order valence-corrected chi connectivity index (χ2v) is 6.31. The molecule has 0 amide bonds. The molecule has 0 bridgehead atoms. The zero-order chi connectivity index (χ0) is 17.1. The highest BCUT2D eigenvalue weighted by Gasteiger charge is 2.16. The first kappa shape index (κ1) is 15.9. The van der Waals surface area contributed by atoms with Gasteiger partial charge in [-0.25, -0.2) is 0 Å². The molecule has 1 heterocycles. The number of nitrogens with zero attached hydrogens (tertiary/aromatic N) is 5. The molecular weight excluding hydrogens is 330 g/mol. The monoisotopic (exact) mass is 343 g/mol. The maximum Gasteiger partial charge on any atom is 0.269 e. The Bertz CT molecular complexity index is 866. The Morgan fingerprint density at radius 1 is 1.25 bits per heavy atom. The average molecular weight is 343 g/mol. The molecule has 0 unspecified atom stereocenters. The number of hydrogen-bond donors (Lipinski definition) is 1. The number of aromatic nitrogens is 4. The summed E-state index contributed by atoms with van der Waals surface area (Å²) in [6.07, 6.45) is 0. The van der Waals surface area contributed by atoms with Gasteiger partial charge in [-0.2, -0.15) is 4.68 Å². The van der Waals surface area contributed by atoms with Crippen LogP contribution in [0.4, 0.5) is 5.69 Å². The van der Waals surface area contributed by atoms with Gasteiger partial charge in [-0.15, -0.1) is 5.10 Å². The minimum absolute atomic E-state index is 0.0538. The molecule has 0 aliphatic carbocycles. The topological polar surface area (TPSA) is 107 Å². The Morgan fingerprint density at radius 2 is 2.00 bits per heavy atom. The fourth-order valence-corrected chi connectivity index (χ4v) is 3.05. The summed E-state index contributed by atoms with van der Waals surface area (Å²) < 4.78 is 1.55. The zero-order valence-electron chi connectivity index (χ0n) is 12.6. The van der Waals surface area contributed by atoms with Crippen molar-refractivity contribution in [1.82, 2.24) is 20.2 Å². The summed E-state index contributed by atoms with van der Waals surface area (Å²) in [4.78, 5) is 10.5. The molecule has 3 aromatic rings. The number of nitro groups is 1. The molecule has 1 N–H and O–H groups in total. The van der Waals surface area contributed by atoms with Gasteiger partial charge >= 0.3 is 0 Å². The fourth-order valence-electron chi connectivity index (χ4n) is 2.13. The minimum atomic E-state index is -0.415. The fraction of sp³-hybridized carbons (Fsp3) is 0.133. The molecule has 0 spiro atoms. The maximum absolute atomic E-state index is 10.9. The number of benzene rings is 2. The van der Waals surface area contributed by atoms with Gasteiger partial charge in [-0.3, -0.25) is 10.1 Å². The third-order valence-corrected chi connectivity index (χ3v) is 4.46. The van der Waals surface area contributed by atoms with Gasteiger partial charge in [0.2, 0.25) is 5.16 Å². The molecule has 0 aliphatic heterocycles. The molecule has 0 saturated carbocycles. The molecule has 3 rings (SSSR count). The standard InChI is InChI=1S/C15H13N5O3S/c1-10(11-3-2-4-13(9-11)20(22)23)24-15-16-17-18-19(15)12-5-7-14(21)8-6-12/h2-10,21H,1H3/t10-/m0/s1. The van der Waals surface area contributed by atoms with Crippen LogP contribution in [0.5, 0.6) is 5.75 Å². The van der Waals surface area contributed by atoms with Crippen molar-refractivity contribution in [3.63, 3.8) is 0 Å². The molecule has 0 radical (unpaired) electrons. The predicted octanol–water partition coefficient (Wildman–Crippen LogP) is 3.13. The number of non-ortho nitro benzene ring substituents is 1. The van der Waals surface area contributed by atoms with E-state index in [4.69, 9.17) is 0 Å². The molecular formula is C15H13N5O3S. The first-order valence-electron chi connectivity index (χ1n) is 7.03. The van der Waals surface area contributed by atoms with Crippen LogP contribution in [-0.4, -0.2) is 30.2 Å². The van der Waals surface area contributed by atoms with E-state index in [9.17, 15) is 15.2 Å². The van der Waals surface area contributed by atoms with Crippen LogP contribution in [0.3, 0.4) is 0 Å². The van der Waals surface area contributed by atoms with Crippen molar-refractivity contribution in [3.05, 3.63) is 64.2 Å². The van der Waals surface area contributed by atoms with Crippen LogP contribution < -0.4 is 0 Å². The molecule has 2 aromatic carbocycles. The van der Waals surface area contributed by atoms with Crippen LogP contribution in [-0.2, 0) is 0 Å². The van der Waals surface area contributed by atoms with Gasteiger partial charge < -0.3 is 5.11 Å². The van der Waals surface area contributed by atoms with Crippen molar-refractivity contribution in [3.8, 4) is 11.4 Å². The minimum Gasteiger partial charge on any atom is -0.508 e. The van der Waals surface area contributed by atoms with E-state index in [2.05, 4.69) is 15.5 Å². The Kier molecular flexibility index (Phi) is 4.43. The van der Waals surface area contributed by atoms with Crippen LogP contribution in [0.1, 0.15) is 17.7 Å². The molecule has 0 fully saturated rings. The summed E-state index contributed by atoms with van der Waals surface area (Å²) in [5, 5.41) is 32.4. The number of tetrazole rings is 1. The van der Waals surface area contributed by atoms with Crippen LogP contribution in [0.15, 0.2) is 53.7 Å². The van der Waals surface area contributed by atoms with Gasteiger partial charge in [0.05, 0.1) is 10.6 Å². The van der Waals surface area contributed by atoms with E-state index in [0.29, 0.717) is 10.8 Å². The van der Waals surface area contributed by atoms with E-state index in [1.165, 1.54) is 17.8 Å². The number of hydrogen-bond acceptors (Lipinski definition) is 7. The molecule has 122 valence electrons. The summed E-state index contributed by atoms with van der Waals surface area (Å²) in [5.41, 5.74) is 1.58. The lowest BCUT2D eigenvalue weighted by Crippen LogP contribution is -2.00. The number of rotatable bonds is 5. The van der Waals surface area contributed by atoms with Crippen molar-refractivity contribution in [2.75, 3.05) is 0 Å². The van der Waals surface area contributed by atoms with E-state index in [1.807, 2.05) is 13.0 Å². The van der Waals surface area contributed by atoms with Gasteiger partial charge in [-0.1, -0.05) is 23.9 Å². The highest BCUT2D eigenvalue weighted by molar-refractivity contribution is 7.99. The lowest BCUT2D eigenvalue weighted by atomic mass is 10.1. The summed E-state index contributed by atoms with van der Waals surface area (Å²) in [7, 11) is 0. The van der Waals surface area contributed by atoms with Gasteiger partial charge in [0.25, 0.3) is 5.69 Å². The predicted molar refractivity (Wildman–Crippen MR) is 88.2 cm³/mol. The zero-order valence-corrected chi connectivity index (χ0v) is 13.4. The lowest BCUT2D eigenvalue weighted by molar-refractivity contribution is -0.384. The van der Waals surface area contributed by atoms with E-state index >= 15 is 0 Å². The van der Waals surface area contributed by atoms with Gasteiger partial charge in [-0.05, 0) is 47.2 Å². The Balaban J connectivity index is 1.84. The van der Waals surface area contributed by atoms with Crippen molar-refractivity contribution in [2.45, 2.75) is 17.3 Å². The first-order valence-corrected chi connectivity index (χ1v) is 7.91. The van der Waals surface area contributed by atoms with E-state index in [1.54, 1.807) is 41.1 Å². The van der Waals surface area contributed by atoms with Crippen molar-refractivity contribution in [1.29, 1.82) is 0 Å². The molecule has 9 heteroatoms. The largest absolute Gasteiger partial charge is 0.508 e. The normalized spacial score (nSPS) is 12.0. The molecule has 8 nitrogen and oxygen atoms in total. The van der Waals surface area contributed by atoms with Gasteiger partial charge in [0, 0.05) is 17.4 Å². The number of aromatic hydroxyl groups is 1. The average Bonchev–Trinajstić information content (AvgIpc) is 3.03. The quantitative estimate of drug-likeness (QED) is 0.431. The van der Waals surface area contributed by atoms with Crippen LogP contribution >= 0.6 is 11.8 Å². The third kappa shape index (κ3) is 3.35. The van der Waals surface area contributed by atoms with Crippen LogP contribution in [0, 0.1) is 10.1 Å². The Labute approximate surface area is 141 Å². The summed E-state index contributed by atoms with van der Waals surface area (Å²) in [6.45, 7) is 1.93. The second kappa shape index (κ2) is 6.67. The summed E-state index contributed by atoms with van der Waals surface area (Å²) >= 11 is 1.39. The number of phenols is 1. The number of thioether (sulfide) groups is 1. The Morgan fingerprint density at radius 3 is 2.71 bits per heavy atom. The SMILES string of the molecule is C[C@H](Sc1nnnn1-c1ccc(O)cc1)c1cccc([N+](=O)[O-])c1. The second-order valence-electron chi connectivity index (χ2n) is 5.00. The van der Waals surface area contributed by atoms with E-state index in [-0.39, 0.29) is 16.7 Å². The van der Waals surface area contributed by atoms with E-state index < -0.39 is 4.92 Å². The van der Waals surface area contributed by atoms with Crippen molar-refractivity contribution >= 4 is 17.4 Å². The van der Waals surface area contributed by atoms with Crippen molar-refractivity contribution in [2.24, 2.45) is 0 Å². The molecule has 0 saturated heterocycles. The highest BCUT2D eigenvalue weighted by atomic mass is 32.2. The molecule has 24 heavy (non-hydrogen) atoms. The summed E-state index contributed by atoms with van der Waals surface area (Å²) in [5.74, 6) is 0.158.